The van der Waals surface area contributed by atoms with Crippen molar-refractivity contribution in [1.29, 1.82) is 0 Å². The molecule has 8 heteroatoms. The Balaban J connectivity index is 1.59. The van der Waals surface area contributed by atoms with E-state index in [4.69, 9.17) is 13.9 Å². The fourth-order valence-corrected chi connectivity index (χ4v) is 2.33. The highest BCUT2D eigenvalue weighted by atomic mass is 16.5. The monoisotopic (exact) mass is 354 g/mol. The molecule has 3 aromatic rings. The molecule has 8 nitrogen and oxygen atoms in total. The van der Waals surface area contributed by atoms with Crippen molar-refractivity contribution in [3.63, 3.8) is 0 Å². The van der Waals surface area contributed by atoms with E-state index in [1.807, 2.05) is 12.1 Å². The number of nitrogens with one attached hydrogen (secondary N) is 1. The van der Waals surface area contributed by atoms with Crippen LogP contribution < -0.4 is 14.8 Å². The van der Waals surface area contributed by atoms with Crippen LogP contribution >= 0.6 is 0 Å². The number of hydrogen-bond donors (Lipinski definition) is 1. The highest BCUT2D eigenvalue weighted by molar-refractivity contribution is 5.77. The van der Waals surface area contributed by atoms with Crippen LogP contribution in [0, 0.1) is 0 Å². The topological polar surface area (TPSA) is 99.4 Å². The van der Waals surface area contributed by atoms with Crippen LogP contribution in [0.5, 0.6) is 11.5 Å². The van der Waals surface area contributed by atoms with Gasteiger partial charge in [-0.25, -0.2) is 0 Å². The smallest absolute Gasteiger partial charge is 0.247 e. The SMILES string of the molecule is COc1ccc(CNC(=O)Cc2nnc(-c3ccncc3)o2)c(OC)c1. The largest absolute Gasteiger partial charge is 0.497 e. The van der Waals surface area contributed by atoms with E-state index >= 15 is 0 Å². The lowest BCUT2D eigenvalue weighted by molar-refractivity contribution is -0.120. The minimum Gasteiger partial charge on any atom is -0.497 e. The molecular weight excluding hydrogens is 336 g/mol. The molecule has 0 bridgehead atoms. The zero-order valence-corrected chi connectivity index (χ0v) is 14.4. The fraction of sp³-hybridized carbons (Fsp3) is 0.222. The van der Waals surface area contributed by atoms with E-state index in [2.05, 4.69) is 20.5 Å². The molecule has 0 radical (unpaired) electrons. The van der Waals surface area contributed by atoms with Crippen LogP contribution in [0.2, 0.25) is 0 Å². The Morgan fingerprint density at radius 1 is 1.12 bits per heavy atom. The van der Waals surface area contributed by atoms with E-state index < -0.39 is 0 Å². The van der Waals surface area contributed by atoms with Gasteiger partial charge in [0.15, 0.2) is 0 Å². The van der Waals surface area contributed by atoms with Gasteiger partial charge in [-0.15, -0.1) is 10.2 Å². The van der Waals surface area contributed by atoms with Crippen LogP contribution in [-0.4, -0.2) is 35.3 Å². The van der Waals surface area contributed by atoms with Gasteiger partial charge in [0.25, 0.3) is 0 Å². The number of methoxy groups -OCH3 is 2. The molecule has 26 heavy (non-hydrogen) atoms. The number of amides is 1. The van der Waals surface area contributed by atoms with Crippen molar-refractivity contribution in [3.8, 4) is 23.0 Å². The summed E-state index contributed by atoms with van der Waals surface area (Å²) in [5, 5.41) is 10.7. The van der Waals surface area contributed by atoms with Crippen molar-refractivity contribution >= 4 is 5.91 Å². The summed E-state index contributed by atoms with van der Waals surface area (Å²) in [4.78, 5) is 16.1. The van der Waals surface area contributed by atoms with Crippen molar-refractivity contribution in [1.82, 2.24) is 20.5 Å². The maximum absolute atomic E-state index is 12.1. The first-order valence-electron chi connectivity index (χ1n) is 7.90. The van der Waals surface area contributed by atoms with Crippen molar-refractivity contribution < 1.29 is 18.7 Å². The van der Waals surface area contributed by atoms with Crippen molar-refractivity contribution in [2.24, 2.45) is 0 Å². The Hall–Kier alpha value is -3.42. The van der Waals surface area contributed by atoms with Gasteiger partial charge < -0.3 is 19.2 Å². The number of nitrogens with zero attached hydrogens (tertiary/aromatic N) is 3. The van der Waals surface area contributed by atoms with E-state index in [0.29, 0.717) is 23.9 Å². The Morgan fingerprint density at radius 3 is 2.65 bits per heavy atom. The van der Waals surface area contributed by atoms with Gasteiger partial charge in [0.05, 0.1) is 14.2 Å². The van der Waals surface area contributed by atoms with Crippen LogP contribution in [-0.2, 0) is 17.8 Å². The fourth-order valence-electron chi connectivity index (χ4n) is 2.33. The zero-order chi connectivity index (χ0) is 18.4. The van der Waals surface area contributed by atoms with Gasteiger partial charge in [-0.05, 0) is 24.3 Å². The number of benzene rings is 1. The first-order chi connectivity index (χ1) is 12.7. The number of pyridine rings is 1. The molecule has 3 rings (SSSR count). The summed E-state index contributed by atoms with van der Waals surface area (Å²) in [7, 11) is 3.15. The van der Waals surface area contributed by atoms with Crippen molar-refractivity contribution in [2.45, 2.75) is 13.0 Å². The number of carbonyl (C=O) groups is 1. The molecule has 1 N–H and O–H groups in total. The summed E-state index contributed by atoms with van der Waals surface area (Å²) >= 11 is 0. The van der Waals surface area contributed by atoms with Crippen LogP contribution in [0.25, 0.3) is 11.5 Å². The van der Waals surface area contributed by atoms with Crippen molar-refractivity contribution in [3.05, 3.63) is 54.2 Å². The second kappa shape index (κ2) is 8.11. The number of hydrogen-bond acceptors (Lipinski definition) is 7. The van der Waals surface area contributed by atoms with Gasteiger partial charge in [0.1, 0.15) is 17.9 Å². The Morgan fingerprint density at radius 2 is 1.92 bits per heavy atom. The molecule has 2 aromatic heterocycles. The van der Waals surface area contributed by atoms with Crippen LogP contribution in [0.3, 0.4) is 0 Å². The lowest BCUT2D eigenvalue weighted by Gasteiger charge is -2.11. The van der Waals surface area contributed by atoms with Gasteiger partial charge in [-0.3, -0.25) is 9.78 Å². The van der Waals surface area contributed by atoms with Gasteiger partial charge >= 0.3 is 0 Å². The second-order valence-electron chi connectivity index (χ2n) is 5.37. The third-order valence-corrected chi connectivity index (χ3v) is 3.68. The standard InChI is InChI=1S/C18H18N4O4/c1-24-14-4-3-13(15(9-14)25-2)11-20-16(23)10-17-21-22-18(26-17)12-5-7-19-8-6-12/h3-9H,10-11H2,1-2H3,(H,20,23). The maximum atomic E-state index is 12.1. The molecule has 0 fully saturated rings. The molecule has 1 amide bonds. The summed E-state index contributed by atoms with van der Waals surface area (Å²) in [6.07, 6.45) is 3.26. The Labute approximate surface area is 150 Å². The summed E-state index contributed by atoms with van der Waals surface area (Å²) in [5.74, 6) is 1.70. The molecule has 0 unspecified atom stereocenters. The average molecular weight is 354 g/mol. The summed E-state index contributed by atoms with van der Waals surface area (Å²) in [5.41, 5.74) is 1.59. The normalized spacial score (nSPS) is 10.4. The van der Waals surface area contributed by atoms with Crippen molar-refractivity contribution in [2.75, 3.05) is 14.2 Å². The van der Waals surface area contributed by atoms with Gasteiger partial charge in [-0.1, -0.05) is 0 Å². The molecule has 0 spiro atoms. The first-order valence-corrected chi connectivity index (χ1v) is 7.90. The van der Waals surface area contributed by atoms with Gasteiger partial charge in [0.2, 0.25) is 17.7 Å². The lowest BCUT2D eigenvalue weighted by atomic mass is 10.2. The molecular formula is C18H18N4O4. The zero-order valence-electron chi connectivity index (χ0n) is 14.4. The molecule has 1 aromatic carbocycles. The summed E-state index contributed by atoms with van der Waals surface area (Å²) in [6.45, 7) is 0.317. The predicted molar refractivity (Wildman–Crippen MR) is 92.6 cm³/mol. The molecule has 2 heterocycles. The molecule has 0 atom stereocenters. The van der Waals surface area contributed by atoms with Crippen LogP contribution in [0.1, 0.15) is 11.5 Å². The molecule has 134 valence electrons. The first kappa shape index (κ1) is 17.4. The molecule has 0 aliphatic heterocycles. The van der Waals surface area contributed by atoms with E-state index in [9.17, 15) is 4.79 Å². The number of ether oxygens (including phenoxy) is 2. The molecule has 0 saturated carbocycles. The van der Waals surface area contributed by atoms with Crippen LogP contribution in [0.15, 0.2) is 47.1 Å². The third-order valence-electron chi connectivity index (χ3n) is 3.68. The average Bonchev–Trinajstić information content (AvgIpc) is 3.15. The minimum absolute atomic E-state index is 0.00342. The molecule has 0 saturated heterocycles. The maximum Gasteiger partial charge on any atom is 0.247 e. The van der Waals surface area contributed by atoms with Crippen LogP contribution in [0.4, 0.5) is 0 Å². The Kier molecular flexibility index (Phi) is 5.43. The minimum atomic E-state index is -0.229. The highest BCUT2D eigenvalue weighted by Gasteiger charge is 2.13. The van der Waals surface area contributed by atoms with Gasteiger partial charge in [-0.2, -0.15) is 0 Å². The lowest BCUT2D eigenvalue weighted by Crippen LogP contribution is -2.24. The van der Waals surface area contributed by atoms with Gasteiger partial charge in [0, 0.05) is 36.1 Å². The quantitative estimate of drug-likeness (QED) is 0.693. The summed E-state index contributed by atoms with van der Waals surface area (Å²) in [6, 6.07) is 8.93. The highest BCUT2D eigenvalue weighted by Crippen LogP contribution is 2.24. The van der Waals surface area contributed by atoms with E-state index in [0.717, 1.165) is 11.1 Å². The Bertz CT molecular complexity index is 880. The second-order valence-corrected chi connectivity index (χ2v) is 5.37. The third kappa shape index (κ3) is 4.15. The number of carbonyl (C=O) groups excluding carboxylic acids is 1. The van der Waals surface area contributed by atoms with E-state index in [1.165, 1.54) is 0 Å². The van der Waals surface area contributed by atoms with E-state index in [1.54, 1.807) is 44.8 Å². The summed E-state index contributed by atoms with van der Waals surface area (Å²) < 4.78 is 16.0. The molecule has 0 aliphatic carbocycles. The van der Waals surface area contributed by atoms with E-state index in [-0.39, 0.29) is 18.2 Å². The predicted octanol–water partition coefficient (Wildman–Crippen LogP) is 2.01. The number of rotatable bonds is 7. The number of aromatic nitrogens is 3. The molecule has 0 aliphatic rings.